The molecular weight excluding hydrogens is 404 g/mol. The van der Waals surface area contributed by atoms with E-state index >= 15 is 0 Å². The van der Waals surface area contributed by atoms with Gasteiger partial charge in [-0.15, -0.1) is 0 Å². The first-order chi connectivity index (χ1) is 15.0. The van der Waals surface area contributed by atoms with Gasteiger partial charge >= 0.3 is 12.0 Å². The summed E-state index contributed by atoms with van der Waals surface area (Å²) < 4.78 is 16.1. The van der Waals surface area contributed by atoms with Crippen molar-refractivity contribution in [1.82, 2.24) is 0 Å². The molecule has 2 aromatic carbocycles. The summed E-state index contributed by atoms with van der Waals surface area (Å²) in [6, 6.07) is 12.1. The highest BCUT2D eigenvalue weighted by Crippen LogP contribution is 2.34. The number of fused-ring (bicyclic) bond motifs is 1. The minimum atomic E-state index is -0.725. The molecule has 31 heavy (non-hydrogen) atoms. The number of carbonyl (C=O) groups is 3. The summed E-state index contributed by atoms with van der Waals surface area (Å²) in [4.78, 5) is 37.2. The van der Waals surface area contributed by atoms with Gasteiger partial charge in [0.1, 0.15) is 13.2 Å². The van der Waals surface area contributed by atoms with Crippen molar-refractivity contribution < 1.29 is 28.6 Å². The van der Waals surface area contributed by atoms with Crippen molar-refractivity contribution in [3.8, 4) is 17.6 Å². The van der Waals surface area contributed by atoms with Crippen LogP contribution in [-0.2, 0) is 9.53 Å². The summed E-state index contributed by atoms with van der Waals surface area (Å²) in [5.41, 5.74) is 6.15. The Morgan fingerprint density at radius 1 is 1.10 bits per heavy atom. The third-order valence-corrected chi connectivity index (χ3v) is 4.30. The SMILES string of the molecule is N#CCCN(C(=O)COC(=O)c1ccc(NC(N)=O)cc1)c1ccc2c(c1)OCCO2. The van der Waals surface area contributed by atoms with Crippen LogP contribution in [0.2, 0.25) is 0 Å². The van der Waals surface area contributed by atoms with E-state index in [0.717, 1.165) is 0 Å². The number of rotatable bonds is 7. The standard InChI is InChI=1S/C21H20N4O6/c22-8-1-9-25(16-6-7-17-18(12-16)30-11-10-29-17)19(26)13-31-20(27)14-2-4-15(5-3-14)24-21(23)28/h2-7,12H,1,9-11,13H2,(H3,23,24,28). The number of amides is 3. The topological polar surface area (TPSA) is 144 Å². The van der Waals surface area contributed by atoms with Gasteiger partial charge < -0.3 is 30.2 Å². The van der Waals surface area contributed by atoms with Crippen molar-refractivity contribution in [3.63, 3.8) is 0 Å². The van der Waals surface area contributed by atoms with E-state index in [2.05, 4.69) is 5.32 Å². The van der Waals surface area contributed by atoms with Gasteiger partial charge in [-0.2, -0.15) is 5.26 Å². The molecule has 0 fully saturated rings. The first-order valence-electron chi connectivity index (χ1n) is 9.38. The summed E-state index contributed by atoms with van der Waals surface area (Å²) in [7, 11) is 0. The smallest absolute Gasteiger partial charge is 0.338 e. The number of urea groups is 1. The number of carbonyl (C=O) groups excluding carboxylic acids is 3. The highest BCUT2D eigenvalue weighted by Gasteiger charge is 2.21. The van der Waals surface area contributed by atoms with E-state index in [-0.39, 0.29) is 18.5 Å². The Kier molecular flexibility index (Phi) is 6.90. The molecule has 0 spiro atoms. The van der Waals surface area contributed by atoms with Crippen LogP contribution in [0.5, 0.6) is 11.5 Å². The van der Waals surface area contributed by atoms with Crippen molar-refractivity contribution >= 4 is 29.3 Å². The van der Waals surface area contributed by atoms with E-state index in [4.69, 9.17) is 25.2 Å². The van der Waals surface area contributed by atoms with Crippen molar-refractivity contribution in [3.05, 3.63) is 48.0 Å². The fraction of sp³-hybridized carbons (Fsp3) is 0.238. The van der Waals surface area contributed by atoms with Gasteiger partial charge in [-0.1, -0.05) is 0 Å². The van der Waals surface area contributed by atoms with Gasteiger partial charge in [-0.05, 0) is 36.4 Å². The summed E-state index contributed by atoms with van der Waals surface area (Å²) in [6.07, 6.45) is 0.0997. The number of nitrogens with zero attached hydrogens (tertiary/aromatic N) is 2. The Balaban J connectivity index is 1.66. The van der Waals surface area contributed by atoms with E-state index in [0.29, 0.717) is 36.1 Å². The van der Waals surface area contributed by atoms with E-state index in [1.54, 1.807) is 18.2 Å². The lowest BCUT2D eigenvalue weighted by molar-refractivity contribution is -0.121. The van der Waals surface area contributed by atoms with Gasteiger partial charge in [0, 0.05) is 24.0 Å². The number of esters is 1. The second-order valence-corrected chi connectivity index (χ2v) is 6.42. The van der Waals surface area contributed by atoms with Crippen LogP contribution in [0.4, 0.5) is 16.2 Å². The number of nitrogens with one attached hydrogen (secondary N) is 1. The normalized spacial score (nSPS) is 11.7. The molecule has 3 rings (SSSR count). The molecule has 0 aliphatic carbocycles. The Morgan fingerprint density at radius 2 is 1.81 bits per heavy atom. The third kappa shape index (κ3) is 5.63. The molecule has 0 aromatic heterocycles. The Hall–Kier alpha value is -4.26. The van der Waals surface area contributed by atoms with E-state index in [9.17, 15) is 14.4 Å². The molecule has 0 saturated carbocycles. The Bertz CT molecular complexity index is 1020. The molecule has 0 unspecified atom stereocenters. The summed E-state index contributed by atoms with van der Waals surface area (Å²) in [5.74, 6) is -0.128. The van der Waals surface area contributed by atoms with Crippen molar-refractivity contribution in [2.45, 2.75) is 6.42 Å². The van der Waals surface area contributed by atoms with E-state index in [1.807, 2.05) is 6.07 Å². The molecule has 0 bridgehead atoms. The van der Waals surface area contributed by atoms with Crippen molar-refractivity contribution in [1.29, 1.82) is 5.26 Å². The fourth-order valence-corrected chi connectivity index (χ4v) is 2.88. The molecule has 3 amide bonds. The average Bonchev–Trinajstić information content (AvgIpc) is 2.77. The highest BCUT2D eigenvalue weighted by molar-refractivity contribution is 5.97. The van der Waals surface area contributed by atoms with Crippen LogP contribution in [0.15, 0.2) is 42.5 Å². The number of benzene rings is 2. The number of hydrogen-bond donors (Lipinski definition) is 2. The Morgan fingerprint density at radius 3 is 2.48 bits per heavy atom. The van der Waals surface area contributed by atoms with Crippen LogP contribution in [-0.4, -0.2) is 44.3 Å². The molecule has 3 N–H and O–H groups in total. The molecule has 2 aromatic rings. The molecule has 1 aliphatic rings. The predicted octanol–water partition coefficient (Wildman–Crippen LogP) is 2.05. The van der Waals surface area contributed by atoms with Crippen molar-refractivity contribution in [2.75, 3.05) is 36.6 Å². The maximum absolute atomic E-state index is 12.7. The number of nitriles is 1. The molecule has 1 aliphatic heterocycles. The van der Waals surface area contributed by atoms with Gasteiger partial charge in [-0.25, -0.2) is 9.59 Å². The summed E-state index contributed by atoms with van der Waals surface area (Å²) in [6.45, 7) is 0.451. The van der Waals surface area contributed by atoms with Gasteiger partial charge in [0.15, 0.2) is 18.1 Å². The predicted molar refractivity (Wildman–Crippen MR) is 110 cm³/mol. The van der Waals surface area contributed by atoms with Gasteiger partial charge in [0.25, 0.3) is 5.91 Å². The maximum Gasteiger partial charge on any atom is 0.338 e. The van der Waals surface area contributed by atoms with Crippen molar-refractivity contribution in [2.24, 2.45) is 5.73 Å². The number of hydrogen-bond acceptors (Lipinski definition) is 7. The van der Waals surface area contributed by atoms with Gasteiger partial charge in [0.2, 0.25) is 0 Å². The number of nitrogens with two attached hydrogens (primary N) is 1. The van der Waals surface area contributed by atoms with Crippen LogP contribution < -0.4 is 25.4 Å². The number of ether oxygens (including phenoxy) is 3. The van der Waals surface area contributed by atoms with Crippen LogP contribution >= 0.6 is 0 Å². The average molecular weight is 424 g/mol. The minimum Gasteiger partial charge on any atom is -0.486 e. The largest absolute Gasteiger partial charge is 0.486 e. The second kappa shape index (κ2) is 9.98. The molecular formula is C21H20N4O6. The summed E-state index contributed by atoms with van der Waals surface area (Å²) >= 11 is 0. The Labute approximate surface area is 178 Å². The van der Waals surface area contributed by atoms with Crippen LogP contribution in [0.1, 0.15) is 16.8 Å². The van der Waals surface area contributed by atoms with Crippen LogP contribution in [0, 0.1) is 11.3 Å². The minimum absolute atomic E-state index is 0.0997. The maximum atomic E-state index is 12.7. The lowest BCUT2D eigenvalue weighted by Crippen LogP contribution is -2.35. The lowest BCUT2D eigenvalue weighted by atomic mass is 10.2. The first-order valence-corrected chi connectivity index (χ1v) is 9.38. The highest BCUT2D eigenvalue weighted by atomic mass is 16.6. The van der Waals surface area contributed by atoms with Crippen LogP contribution in [0.25, 0.3) is 0 Å². The molecule has 160 valence electrons. The number of anilines is 2. The molecule has 0 atom stereocenters. The third-order valence-electron chi connectivity index (χ3n) is 4.30. The zero-order valence-corrected chi connectivity index (χ0v) is 16.5. The zero-order chi connectivity index (χ0) is 22.2. The quantitative estimate of drug-likeness (QED) is 0.647. The molecule has 0 saturated heterocycles. The van der Waals surface area contributed by atoms with E-state index in [1.165, 1.54) is 29.2 Å². The first kappa shape index (κ1) is 21.4. The fourth-order valence-electron chi connectivity index (χ4n) is 2.88. The zero-order valence-electron chi connectivity index (χ0n) is 16.5. The second-order valence-electron chi connectivity index (χ2n) is 6.42. The molecule has 0 radical (unpaired) electrons. The monoisotopic (exact) mass is 424 g/mol. The van der Waals surface area contributed by atoms with E-state index < -0.39 is 24.5 Å². The van der Waals surface area contributed by atoms with Gasteiger partial charge in [0.05, 0.1) is 18.1 Å². The lowest BCUT2D eigenvalue weighted by Gasteiger charge is -2.24. The summed E-state index contributed by atoms with van der Waals surface area (Å²) in [5, 5.41) is 11.3. The van der Waals surface area contributed by atoms with Gasteiger partial charge in [-0.3, -0.25) is 4.79 Å². The van der Waals surface area contributed by atoms with Crippen LogP contribution in [0.3, 0.4) is 0 Å². The molecule has 1 heterocycles. The molecule has 10 heteroatoms. The number of primary amides is 1. The molecule has 10 nitrogen and oxygen atoms in total.